The van der Waals surface area contributed by atoms with E-state index in [1.54, 1.807) is 0 Å². The van der Waals surface area contributed by atoms with Crippen LogP contribution in [0.2, 0.25) is 0 Å². The highest BCUT2D eigenvalue weighted by molar-refractivity contribution is 5.35. The van der Waals surface area contributed by atoms with Gasteiger partial charge in [-0.25, -0.2) is 0 Å². The molecule has 82 valence electrons. The topological polar surface area (TPSA) is 98.6 Å². The highest BCUT2D eigenvalue weighted by Gasteiger charge is 2.05. The van der Waals surface area contributed by atoms with Gasteiger partial charge in [-0.3, -0.25) is 10.1 Å². The van der Waals surface area contributed by atoms with Crippen LogP contribution in [-0.4, -0.2) is 29.3 Å². The SMILES string of the molecule is NC[C@H](O)COc1ccc([N+](=O)[O-])cc1. The Balaban J connectivity index is 2.53. The summed E-state index contributed by atoms with van der Waals surface area (Å²) >= 11 is 0. The Labute approximate surface area is 86.4 Å². The second-order valence-corrected chi connectivity index (χ2v) is 2.95. The quantitative estimate of drug-likeness (QED) is 0.540. The molecule has 1 rings (SSSR count). The van der Waals surface area contributed by atoms with Gasteiger partial charge in [-0.1, -0.05) is 0 Å². The number of ether oxygens (including phenoxy) is 1. The highest BCUT2D eigenvalue weighted by atomic mass is 16.6. The lowest BCUT2D eigenvalue weighted by atomic mass is 10.3. The molecule has 0 aliphatic rings. The van der Waals surface area contributed by atoms with Gasteiger partial charge in [0.2, 0.25) is 0 Å². The first-order chi connectivity index (χ1) is 7.13. The number of rotatable bonds is 5. The summed E-state index contributed by atoms with van der Waals surface area (Å²) in [6.45, 7) is 0.196. The third kappa shape index (κ3) is 3.53. The van der Waals surface area contributed by atoms with E-state index < -0.39 is 11.0 Å². The summed E-state index contributed by atoms with van der Waals surface area (Å²) < 4.78 is 5.14. The maximum atomic E-state index is 10.3. The molecule has 0 amide bonds. The van der Waals surface area contributed by atoms with Crippen molar-refractivity contribution in [3.63, 3.8) is 0 Å². The van der Waals surface area contributed by atoms with E-state index in [0.29, 0.717) is 5.75 Å². The fourth-order valence-corrected chi connectivity index (χ4v) is 0.925. The molecular weight excluding hydrogens is 200 g/mol. The van der Waals surface area contributed by atoms with Gasteiger partial charge in [-0.05, 0) is 12.1 Å². The lowest BCUT2D eigenvalue weighted by Gasteiger charge is -2.09. The largest absolute Gasteiger partial charge is 0.491 e. The van der Waals surface area contributed by atoms with E-state index in [0.717, 1.165) is 0 Å². The number of nitrogens with zero attached hydrogens (tertiary/aromatic N) is 1. The second-order valence-electron chi connectivity index (χ2n) is 2.95. The summed E-state index contributed by atoms with van der Waals surface area (Å²) in [5.74, 6) is 0.466. The van der Waals surface area contributed by atoms with Gasteiger partial charge >= 0.3 is 0 Å². The van der Waals surface area contributed by atoms with Gasteiger partial charge in [0.05, 0.1) is 4.92 Å². The summed E-state index contributed by atoms with van der Waals surface area (Å²) in [6.07, 6.45) is -0.722. The molecule has 1 atom stereocenters. The third-order valence-electron chi connectivity index (χ3n) is 1.76. The molecule has 0 fully saturated rings. The Kier molecular flexibility index (Phi) is 4.02. The average Bonchev–Trinajstić information content (AvgIpc) is 2.26. The lowest BCUT2D eigenvalue weighted by molar-refractivity contribution is -0.384. The molecular formula is C9H12N2O4. The predicted molar refractivity (Wildman–Crippen MR) is 53.7 cm³/mol. The summed E-state index contributed by atoms with van der Waals surface area (Å²) in [5, 5.41) is 19.4. The van der Waals surface area contributed by atoms with E-state index in [-0.39, 0.29) is 18.8 Å². The van der Waals surface area contributed by atoms with E-state index >= 15 is 0 Å². The number of non-ortho nitro benzene ring substituents is 1. The molecule has 6 nitrogen and oxygen atoms in total. The van der Waals surface area contributed by atoms with Gasteiger partial charge in [0.1, 0.15) is 18.5 Å². The Hall–Kier alpha value is -1.66. The number of hydrogen-bond donors (Lipinski definition) is 2. The first-order valence-corrected chi connectivity index (χ1v) is 4.39. The monoisotopic (exact) mass is 212 g/mol. The van der Waals surface area contributed by atoms with Gasteiger partial charge in [0, 0.05) is 18.7 Å². The minimum atomic E-state index is -0.722. The first-order valence-electron chi connectivity index (χ1n) is 4.39. The average molecular weight is 212 g/mol. The molecule has 0 unspecified atom stereocenters. The van der Waals surface area contributed by atoms with Crippen LogP contribution in [0.4, 0.5) is 5.69 Å². The van der Waals surface area contributed by atoms with Crippen LogP contribution in [0.1, 0.15) is 0 Å². The Morgan fingerprint density at radius 3 is 2.53 bits per heavy atom. The molecule has 0 saturated carbocycles. The molecule has 1 aromatic carbocycles. The minimum Gasteiger partial charge on any atom is -0.491 e. The molecule has 0 saturated heterocycles. The van der Waals surface area contributed by atoms with E-state index in [9.17, 15) is 10.1 Å². The third-order valence-corrected chi connectivity index (χ3v) is 1.76. The van der Waals surface area contributed by atoms with Gasteiger partial charge in [0.15, 0.2) is 0 Å². The van der Waals surface area contributed by atoms with Crippen LogP contribution in [0.3, 0.4) is 0 Å². The van der Waals surface area contributed by atoms with Crippen molar-refractivity contribution in [2.24, 2.45) is 5.73 Å². The van der Waals surface area contributed by atoms with E-state index in [4.69, 9.17) is 15.6 Å². The molecule has 0 bridgehead atoms. The van der Waals surface area contributed by atoms with Crippen LogP contribution in [-0.2, 0) is 0 Å². The van der Waals surface area contributed by atoms with Crippen molar-refractivity contribution in [1.82, 2.24) is 0 Å². The fourth-order valence-electron chi connectivity index (χ4n) is 0.925. The molecule has 1 aromatic rings. The predicted octanol–water partition coefficient (Wildman–Crippen LogP) is 0.293. The molecule has 6 heteroatoms. The number of aliphatic hydroxyl groups is 1. The van der Waals surface area contributed by atoms with Crippen molar-refractivity contribution in [3.05, 3.63) is 34.4 Å². The zero-order valence-electron chi connectivity index (χ0n) is 8.00. The lowest BCUT2D eigenvalue weighted by Crippen LogP contribution is -2.26. The van der Waals surface area contributed by atoms with E-state index in [1.165, 1.54) is 24.3 Å². The van der Waals surface area contributed by atoms with Crippen LogP contribution in [0.5, 0.6) is 5.75 Å². The fraction of sp³-hybridized carbons (Fsp3) is 0.333. The zero-order chi connectivity index (χ0) is 11.3. The highest BCUT2D eigenvalue weighted by Crippen LogP contribution is 2.17. The zero-order valence-corrected chi connectivity index (χ0v) is 8.00. The van der Waals surface area contributed by atoms with Crippen LogP contribution >= 0.6 is 0 Å². The first kappa shape index (κ1) is 11.4. The van der Waals surface area contributed by atoms with Gasteiger partial charge < -0.3 is 15.6 Å². The molecule has 15 heavy (non-hydrogen) atoms. The number of nitrogens with two attached hydrogens (primary N) is 1. The van der Waals surface area contributed by atoms with E-state index in [1.807, 2.05) is 0 Å². The number of benzene rings is 1. The Morgan fingerprint density at radius 1 is 1.47 bits per heavy atom. The van der Waals surface area contributed by atoms with Crippen molar-refractivity contribution in [1.29, 1.82) is 0 Å². The molecule has 0 aliphatic carbocycles. The van der Waals surface area contributed by atoms with Crippen molar-refractivity contribution in [3.8, 4) is 5.75 Å². The van der Waals surface area contributed by atoms with Crippen LogP contribution < -0.4 is 10.5 Å². The van der Waals surface area contributed by atoms with Crippen molar-refractivity contribution in [2.45, 2.75) is 6.10 Å². The summed E-state index contributed by atoms with van der Waals surface area (Å²) in [6, 6.07) is 5.62. The van der Waals surface area contributed by atoms with Crippen LogP contribution in [0.25, 0.3) is 0 Å². The normalized spacial score (nSPS) is 12.1. The van der Waals surface area contributed by atoms with Gasteiger partial charge in [-0.2, -0.15) is 0 Å². The summed E-state index contributed by atoms with van der Waals surface area (Å²) in [4.78, 5) is 9.85. The molecule has 0 aliphatic heterocycles. The maximum Gasteiger partial charge on any atom is 0.269 e. The van der Waals surface area contributed by atoms with E-state index in [2.05, 4.69) is 0 Å². The maximum absolute atomic E-state index is 10.3. The number of hydrogen-bond acceptors (Lipinski definition) is 5. The minimum absolute atomic E-state index is 0.00160. The van der Waals surface area contributed by atoms with Gasteiger partial charge in [-0.15, -0.1) is 0 Å². The molecule has 3 N–H and O–H groups in total. The smallest absolute Gasteiger partial charge is 0.269 e. The van der Waals surface area contributed by atoms with Crippen LogP contribution in [0.15, 0.2) is 24.3 Å². The molecule has 0 radical (unpaired) electrons. The van der Waals surface area contributed by atoms with Gasteiger partial charge in [0.25, 0.3) is 5.69 Å². The van der Waals surface area contributed by atoms with Crippen molar-refractivity contribution >= 4 is 5.69 Å². The second kappa shape index (κ2) is 5.28. The standard InChI is InChI=1S/C9H12N2O4/c10-5-8(12)6-15-9-3-1-7(2-4-9)11(13)14/h1-4,8,12H,5-6,10H2/t8-/m0/s1. The molecule has 0 aromatic heterocycles. The number of nitro groups is 1. The summed E-state index contributed by atoms with van der Waals surface area (Å²) in [5.41, 5.74) is 5.18. The summed E-state index contributed by atoms with van der Waals surface area (Å²) in [7, 11) is 0. The Bertz CT molecular complexity index is 325. The molecule has 0 heterocycles. The van der Waals surface area contributed by atoms with Crippen molar-refractivity contribution in [2.75, 3.05) is 13.2 Å². The van der Waals surface area contributed by atoms with Crippen LogP contribution in [0, 0.1) is 10.1 Å². The number of nitro benzene ring substituents is 1. The molecule has 0 spiro atoms. The Morgan fingerprint density at radius 2 is 2.07 bits per heavy atom. The van der Waals surface area contributed by atoms with Crippen molar-refractivity contribution < 1.29 is 14.8 Å². The number of aliphatic hydroxyl groups excluding tert-OH is 1.